The van der Waals surface area contributed by atoms with Crippen molar-refractivity contribution in [2.45, 2.75) is 19.4 Å². The van der Waals surface area contributed by atoms with Gasteiger partial charge in [0, 0.05) is 0 Å². The van der Waals surface area contributed by atoms with Crippen molar-refractivity contribution in [2.24, 2.45) is 0 Å². The Bertz CT molecular complexity index is 674. The molecule has 6 nitrogen and oxygen atoms in total. The Morgan fingerprint density at radius 3 is 2.13 bits per heavy atom. The summed E-state index contributed by atoms with van der Waals surface area (Å²) in [4.78, 5) is 0. The number of ether oxygens (including phenoxy) is 2. The standard InChI is InChI=1S/C17H18N4O2/c1-3-7-15(8-4-1)11-22-13-17(21-14-18-19-20-21)23-12-16-9-5-2-6-10-16/h1-10,14,17H,11-13H2. The van der Waals surface area contributed by atoms with Crippen LogP contribution in [0.3, 0.4) is 0 Å². The van der Waals surface area contributed by atoms with Gasteiger partial charge in [-0.25, -0.2) is 4.68 Å². The quantitative estimate of drug-likeness (QED) is 0.640. The van der Waals surface area contributed by atoms with Gasteiger partial charge >= 0.3 is 0 Å². The van der Waals surface area contributed by atoms with Crippen LogP contribution in [0, 0.1) is 0 Å². The van der Waals surface area contributed by atoms with Gasteiger partial charge in [0.25, 0.3) is 0 Å². The highest BCUT2D eigenvalue weighted by Crippen LogP contribution is 2.12. The molecule has 1 atom stereocenters. The van der Waals surface area contributed by atoms with E-state index in [-0.39, 0.29) is 6.23 Å². The average Bonchev–Trinajstić information content (AvgIpc) is 3.14. The first-order chi connectivity index (χ1) is 11.4. The Kier molecular flexibility index (Phi) is 5.44. The van der Waals surface area contributed by atoms with Crippen LogP contribution in [0.1, 0.15) is 17.4 Å². The minimum atomic E-state index is -0.367. The third kappa shape index (κ3) is 4.70. The third-order valence-electron chi connectivity index (χ3n) is 3.32. The number of nitrogens with zero attached hydrogens (tertiary/aromatic N) is 4. The Morgan fingerprint density at radius 2 is 1.52 bits per heavy atom. The molecule has 1 aromatic heterocycles. The minimum Gasteiger partial charge on any atom is -0.372 e. The van der Waals surface area contributed by atoms with Crippen LogP contribution in [0.25, 0.3) is 0 Å². The summed E-state index contributed by atoms with van der Waals surface area (Å²) in [5.41, 5.74) is 2.21. The summed E-state index contributed by atoms with van der Waals surface area (Å²) in [6.45, 7) is 1.36. The molecule has 0 saturated carbocycles. The highest BCUT2D eigenvalue weighted by molar-refractivity contribution is 5.14. The van der Waals surface area contributed by atoms with Crippen molar-refractivity contribution in [3.05, 3.63) is 78.1 Å². The van der Waals surface area contributed by atoms with E-state index in [0.29, 0.717) is 19.8 Å². The number of benzene rings is 2. The minimum absolute atomic E-state index is 0.367. The summed E-state index contributed by atoms with van der Waals surface area (Å²) >= 11 is 0. The van der Waals surface area contributed by atoms with Crippen LogP contribution in [0.2, 0.25) is 0 Å². The van der Waals surface area contributed by atoms with E-state index in [9.17, 15) is 0 Å². The highest BCUT2D eigenvalue weighted by Gasteiger charge is 2.13. The summed E-state index contributed by atoms with van der Waals surface area (Å²) in [6.07, 6.45) is 1.16. The molecule has 2 aromatic carbocycles. The lowest BCUT2D eigenvalue weighted by atomic mass is 10.2. The van der Waals surface area contributed by atoms with E-state index in [1.807, 2.05) is 60.7 Å². The van der Waals surface area contributed by atoms with Gasteiger partial charge in [-0.2, -0.15) is 0 Å². The van der Waals surface area contributed by atoms with Crippen molar-refractivity contribution in [1.82, 2.24) is 20.2 Å². The molecule has 0 aliphatic rings. The molecule has 118 valence electrons. The van der Waals surface area contributed by atoms with Crippen molar-refractivity contribution in [3.8, 4) is 0 Å². The predicted molar refractivity (Wildman–Crippen MR) is 84.2 cm³/mol. The maximum Gasteiger partial charge on any atom is 0.177 e. The summed E-state index contributed by atoms with van der Waals surface area (Å²) < 4.78 is 13.2. The normalized spacial score (nSPS) is 12.2. The second-order valence-electron chi connectivity index (χ2n) is 5.04. The van der Waals surface area contributed by atoms with Crippen molar-refractivity contribution in [2.75, 3.05) is 6.61 Å². The van der Waals surface area contributed by atoms with Crippen LogP contribution >= 0.6 is 0 Å². The molecule has 0 aliphatic heterocycles. The van der Waals surface area contributed by atoms with Crippen LogP contribution < -0.4 is 0 Å². The number of hydrogen-bond donors (Lipinski definition) is 0. The molecule has 1 heterocycles. The van der Waals surface area contributed by atoms with Crippen molar-refractivity contribution in [1.29, 1.82) is 0 Å². The molecule has 0 bridgehead atoms. The van der Waals surface area contributed by atoms with Gasteiger partial charge in [0.15, 0.2) is 6.23 Å². The van der Waals surface area contributed by atoms with Crippen LogP contribution in [-0.2, 0) is 22.7 Å². The number of aromatic nitrogens is 4. The summed E-state index contributed by atoms with van der Waals surface area (Å²) in [6, 6.07) is 20.0. The maximum absolute atomic E-state index is 5.91. The third-order valence-corrected chi connectivity index (χ3v) is 3.32. The van der Waals surface area contributed by atoms with Gasteiger partial charge in [-0.15, -0.1) is 5.10 Å². The average molecular weight is 310 g/mol. The second kappa shape index (κ2) is 8.17. The van der Waals surface area contributed by atoms with Crippen LogP contribution in [0.5, 0.6) is 0 Å². The van der Waals surface area contributed by atoms with Crippen molar-refractivity contribution >= 4 is 0 Å². The lowest BCUT2D eigenvalue weighted by molar-refractivity contribution is -0.0768. The first-order valence-electron chi connectivity index (χ1n) is 7.41. The second-order valence-corrected chi connectivity index (χ2v) is 5.04. The van der Waals surface area contributed by atoms with E-state index in [1.165, 1.54) is 6.33 Å². The van der Waals surface area contributed by atoms with E-state index >= 15 is 0 Å². The summed E-state index contributed by atoms with van der Waals surface area (Å²) in [7, 11) is 0. The molecular formula is C17H18N4O2. The largest absolute Gasteiger partial charge is 0.372 e. The molecule has 1 unspecified atom stereocenters. The van der Waals surface area contributed by atoms with Crippen molar-refractivity contribution < 1.29 is 9.47 Å². The van der Waals surface area contributed by atoms with Crippen LogP contribution in [-0.4, -0.2) is 26.8 Å². The van der Waals surface area contributed by atoms with Gasteiger partial charge in [0.1, 0.15) is 6.33 Å². The topological polar surface area (TPSA) is 62.1 Å². The molecule has 0 aliphatic carbocycles. The smallest absolute Gasteiger partial charge is 0.177 e. The fraction of sp³-hybridized carbons (Fsp3) is 0.235. The lowest BCUT2D eigenvalue weighted by Gasteiger charge is -2.17. The molecule has 0 amide bonds. The van der Waals surface area contributed by atoms with E-state index in [0.717, 1.165) is 11.1 Å². The molecule has 0 saturated heterocycles. The van der Waals surface area contributed by atoms with Crippen LogP contribution in [0.15, 0.2) is 67.0 Å². The SMILES string of the molecule is c1ccc(COCC(OCc2ccccc2)n2cnnn2)cc1. The van der Waals surface area contributed by atoms with Gasteiger partial charge in [0.05, 0.1) is 19.8 Å². The number of rotatable bonds is 8. The Balaban J connectivity index is 1.56. The van der Waals surface area contributed by atoms with Crippen molar-refractivity contribution in [3.63, 3.8) is 0 Å². The molecule has 0 spiro atoms. The van der Waals surface area contributed by atoms with Gasteiger partial charge in [-0.05, 0) is 21.6 Å². The maximum atomic E-state index is 5.91. The molecule has 6 heteroatoms. The van der Waals surface area contributed by atoms with Gasteiger partial charge in [-0.1, -0.05) is 60.7 Å². The Labute approximate surface area is 134 Å². The molecule has 0 fully saturated rings. The summed E-state index contributed by atoms with van der Waals surface area (Å²) in [5.74, 6) is 0. The Morgan fingerprint density at radius 1 is 0.870 bits per heavy atom. The fourth-order valence-corrected chi connectivity index (χ4v) is 2.12. The predicted octanol–water partition coefficient (Wildman–Crippen LogP) is 2.61. The summed E-state index contributed by atoms with van der Waals surface area (Å²) in [5, 5.41) is 11.2. The van der Waals surface area contributed by atoms with Gasteiger partial charge in [-0.3, -0.25) is 0 Å². The first-order valence-corrected chi connectivity index (χ1v) is 7.41. The van der Waals surface area contributed by atoms with Crippen LogP contribution in [0.4, 0.5) is 0 Å². The number of hydrogen-bond acceptors (Lipinski definition) is 5. The van der Waals surface area contributed by atoms with E-state index < -0.39 is 0 Å². The monoisotopic (exact) mass is 310 g/mol. The lowest BCUT2D eigenvalue weighted by Crippen LogP contribution is -2.19. The van der Waals surface area contributed by atoms with Gasteiger partial charge in [0.2, 0.25) is 0 Å². The molecule has 0 radical (unpaired) electrons. The Hall–Kier alpha value is -2.57. The number of tetrazole rings is 1. The van der Waals surface area contributed by atoms with E-state index in [2.05, 4.69) is 15.5 Å². The highest BCUT2D eigenvalue weighted by atomic mass is 16.5. The molecule has 3 rings (SSSR count). The molecular weight excluding hydrogens is 292 g/mol. The van der Waals surface area contributed by atoms with Gasteiger partial charge < -0.3 is 9.47 Å². The van der Waals surface area contributed by atoms with E-state index in [4.69, 9.17) is 9.47 Å². The first kappa shape index (κ1) is 15.3. The van der Waals surface area contributed by atoms with E-state index in [1.54, 1.807) is 4.68 Å². The fourth-order valence-electron chi connectivity index (χ4n) is 2.12. The molecule has 0 N–H and O–H groups in total. The zero-order valence-electron chi connectivity index (χ0n) is 12.7. The molecule has 3 aromatic rings. The zero-order chi connectivity index (χ0) is 15.7. The zero-order valence-corrected chi connectivity index (χ0v) is 12.7. The molecule has 23 heavy (non-hydrogen) atoms.